The molecule has 0 bridgehead atoms. The number of carbonyl (C=O) groups is 1. The molecule has 25 heavy (non-hydrogen) atoms. The number of furan rings is 1. The van der Waals surface area contributed by atoms with Crippen molar-refractivity contribution in [3.63, 3.8) is 0 Å². The van der Waals surface area contributed by atoms with E-state index >= 15 is 0 Å². The zero-order valence-corrected chi connectivity index (χ0v) is 14.5. The van der Waals surface area contributed by atoms with Gasteiger partial charge in [0.05, 0.1) is 12.0 Å². The van der Waals surface area contributed by atoms with Gasteiger partial charge in [-0.3, -0.25) is 4.79 Å². The van der Waals surface area contributed by atoms with Gasteiger partial charge in [0.15, 0.2) is 0 Å². The van der Waals surface area contributed by atoms with Crippen molar-refractivity contribution in [1.82, 2.24) is 5.32 Å². The Morgan fingerprint density at radius 1 is 1.24 bits per heavy atom. The number of hydrogen-bond acceptors (Lipinski definition) is 3. The van der Waals surface area contributed by atoms with Crippen molar-refractivity contribution in [1.29, 1.82) is 0 Å². The van der Waals surface area contributed by atoms with Crippen LogP contribution in [0.1, 0.15) is 24.3 Å². The van der Waals surface area contributed by atoms with E-state index < -0.39 is 0 Å². The fourth-order valence-corrected chi connectivity index (χ4v) is 3.34. The number of amides is 1. The summed E-state index contributed by atoms with van der Waals surface area (Å²) in [7, 11) is 0. The van der Waals surface area contributed by atoms with E-state index in [0.29, 0.717) is 18.1 Å². The van der Waals surface area contributed by atoms with Crippen LogP contribution in [0.5, 0.6) is 5.75 Å². The summed E-state index contributed by atoms with van der Waals surface area (Å²) in [5, 5.41) is 4.71. The van der Waals surface area contributed by atoms with Gasteiger partial charge in [-0.05, 0) is 49.2 Å². The van der Waals surface area contributed by atoms with Gasteiger partial charge in [0, 0.05) is 10.4 Å². The number of fused-ring (bicyclic) bond motifs is 2. The second-order valence-electron chi connectivity index (χ2n) is 6.38. The zero-order valence-electron chi connectivity index (χ0n) is 13.8. The lowest BCUT2D eigenvalue weighted by molar-refractivity contribution is -0.127. The van der Waals surface area contributed by atoms with Crippen LogP contribution < -0.4 is 10.1 Å². The summed E-state index contributed by atoms with van der Waals surface area (Å²) >= 11 is 6.04. The van der Waals surface area contributed by atoms with Crippen LogP contribution in [0.25, 0.3) is 11.0 Å². The molecule has 0 unspecified atom stereocenters. The van der Waals surface area contributed by atoms with Gasteiger partial charge in [-0.2, -0.15) is 0 Å². The molecule has 4 nitrogen and oxygen atoms in total. The predicted octanol–water partition coefficient (Wildman–Crippen LogP) is 4.51. The smallest absolute Gasteiger partial charge is 0.227 e. The highest BCUT2D eigenvalue weighted by molar-refractivity contribution is 6.30. The zero-order chi connectivity index (χ0) is 17.4. The number of nitrogens with one attached hydrogen (secondary N) is 1. The highest BCUT2D eigenvalue weighted by Gasteiger charge is 2.27. The van der Waals surface area contributed by atoms with E-state index in [1.807, 2.05) is 49.4 Å². The van der Waals surface area contributed by atoms with Gasteiger partial charge >= 0.3 is 0 Å². The molecular weight excluding hydrogens is 338 g/mol. The fraction of sp³-hybridized carbons (Fsp3) is 0.250. The molecule has 1 N–H and O–H groups in total. The van der Waals surface area contributed by atoms with Crippen LogP contribution in [0.3, 0.4) is 0 Å². The Morgan fingerprint density at radius 2 is 2.08 bits per heavy atom. The van der Waals surface area contributed by atoms with E-state index in [1.165, 1.54) is 0 Å². The van der Waals surface area contributed by atoms with Gasteiger partial charge in [-0.25, -0.2) is 0 Å². The highest BCUT2D eigenvalue weighted by atomic mass is 35.5. The molecule has 2 atom stereocenters. The minimum Gasteiger partial charge on any atom is -0.492 e. The standard InChI is InChI=1S/C20H18ClNO3/c1-12(19-10-13-4-2-3-5-18(13)25-19)22-20(23)15-8-14-9-16(21)6-7-17(14)24-11-15/h2-7,9-10,12,15H,8,11H2,1H3,(H,22,23)/t12-,15-/m1/s1. The van der Waals surface area contributed by atoms with Crippen molar-refractivity contribution in [2.45, 2.75) is 19.4 Å². The third-order valence-electron chi connectivity index (χ3n) is 4.53. The molecule has 2 heterocycles. The number of rotatable bonds is 3. The SMILES string of the molecule is C[C@@H](NC(=O)[C@H]1COc2ccc(Cl)cc2C1)c1cc2ccccc2o1. The van der Waals surface area contributed by atoms with Gasteiger partial charge in [0.1, 0.15) is 23.7 Å². The van der Waals surface area contributed by atoms with Crippen molar-refractivity contribution >= 4 is 28.5 Å². The minimum atomic E-state index is -0.238. The lowest BCUT2D eigenvalue weighted by Crippen LogP contribution is -2.38. The first-order valence-electron chi connectivity index (χ1n) is 8.30. The largest absolute Gasteiger partial charge is 0.492 e. The van der Waals surface area contributed by atoms with E-state index in [4.69, 9.17) is 20.8 Å². The minimum absolute atomic E-state index is 0.0430. The summed E-state index contributed by atoms with van der Waals surface area (Å²) in [5.41, 5.74) is 1.79. The number of para-hydroxylation sites is 1. The van der Waals surface area contributed by atoms with Crippen LogP contribution in [-0.4, -0.2) is 12.5 Å². The molecule has 0 spiro atoms. The van der Waals surface area contributed by atoms with Gasteiger partial charge in [-0.1, -0.05) is 29.8 Å². The molecule has 1 amide bonds. The maximum Gasteiger partial charge on any atom is 0.227 e. The number of benzene rings is 2. The Balaban J connectivity index is 1.46. The first-order valence-corrected chi connectivity index (χ1v) is 8.68. The van der Waals surface area contributed by atoms with Gasteiger partial charge < -0.3 is 14.5 Å². The topological polar surface area (TPSA) is 51.5 Å². The molecule has 0 radical (unpaired) electrons. The third-order valence-corrected chi connectivity index (χ3v) is 4.76. The Kier molecular flexibility index (Phi) is 4.14. The predicted molar refractivity (Wildman–Crippen MR) is 96.9 cm³/mol. The molecule has 0 aliphatic carbocycles. The summed E-state index contributed by atoms with van der Waals surface area (Å²) in [6, 6.07) is 15.1. The molecule has 1 aromatic heterocycles. The number of hydrogen-bond donors (Lipinski definition) is 1. The molecule has 0 saturated heterocycles. The van der Waals surface area contributed by atoms with Crippen molar-refractivity contribution in [3.05, 3.63) is 64.9 Å². The maximum absolute atomic E-state index is 12.6. The summed E-state index contributed by atoms with van der Waals surface area (Å²) < 4.78 is 11.5. The lowest BCUT2D eigenvalue weighted by atomic mass is 9.95. The van der Waals surface area contributed by atoms with E-state index in [2.05, 4.69) is 5.32 Å². The summed E-state index contributed by atoms with van der Waals surface area (Å²) in [6.07, 6.45) is 0.620. The molecule has 2 aromatic carbocycles. The molecule has 128 valence electrons. The Bertz CT molecular complexity index is 901. The van der Waals surface area contributed by atoms with E-state index in [1.54, 1.807) is 6.07 Å². The third kappa shape index (κ3) is 3.22. The van der Waals surface area contributed by atoms with Crippen LogP contribution in [0.2, 0.25) is 5.02 Å². The number of carbonyl (C=O) groups excluding carboxylic acids is 1. The first-order chi connectivity index (χ1) is 12.1. The maximum atomic E-state index is 12.6. The van der Waals surface area contributed by atoms with Crippen molar-refractivity contribution in [2.75, 3.05) is 6.61 Å². The van der Waals surface area contributed by atoms with E-state index in [9.17, 15) is 4.79 Å². The Hall–Kier alpha value is -2.46. The van der Waals surface area contributed by atoms with Crippen molar-refractivity contribution in [3.8, 4) is 5.75 Å². The lowest BCUT2D eigenvalue weighted by Gasteiger charge is -2.25. The van der Waals surface area contributed by atoms with Crippen LogP contribution in [0, 0.1) is 5.92 Å². The average Bonchev–Trinajstić information content (AvgIpc) is 3.05. The molecule has 4 rings (SSSR count). The molecule has 1 aliphatic heterocycles. The van der Waals surface area contributed by atoms with Crippen LogP contribution in [-0.2, 0) is 11.2 Å². The Labute approximate surface area is 150 Å². The highest BCUT2D eigenvalue weighted by Crippen LogP contribution is 2.30. The average molecular weight is 356 g/mol. The molecule has 3 aromatic rings. The normalized spacial score (nSPS) is 17.6. The summed E-state index contributed by atoms with van der Waals surface area (Å²) in [6.45, 7) is 2.29. The first kappa shape index (κ1) is 16.0. The van der Waals surface area contributed by atoms with Crippen LogP contribution in [0.15, 0.2) is 52.9 Å². The fourth-order valence-electron chi connectivity index (χ4n) is 3.15. The van der Waals surface area contributed by atoms with Gasteiger partial charge in [0.25, 0.3) is 0 Å². The van der Waals surface area contributed by atoms with E-state index in [0.717, 1.165) is 28.0 Å². The van der Waals surface area contributed by atoms with Crippen molar-refractivity contribution < 1.29 is 13.9 Å². The van der Waals surface area contributed by atoms with E-state index in [-0.39, 0.29) is 17.9 Å². The number of halogens is 1. The van der Waals surface area contributed by atoms with Gasteiger partial charge in [-0.15, -0.1) is 0 Å². The van der Waals surface area contributed by atoms with Gasteiger partial charge in [0.2, 0.25) is 5.91 Å². The summed E-state index contributed by atoms with van der Waals surface area (Å²) in [4.78, 5) is 12.6. The molecule has 0 saturated carbocycles. The molecule has 1 aliphatic rings. The second kappa shape index (κ2) is 6.45. The van der Waals surface area contributed by atoms with Crippen molar-refractivity contribution in [2.24, 2.45) is 5.92 Å². The second-order valence-corrected chi connectivity index (χ2v) is 6.82. The Morgan fingerprint density at radius 3 is 2.92 bits per heavy atom. The molecular formula is C20H18ClNO3. The number of ether oxygens (including phenoxy) is 1. The quantitative estimate of drug-likeness (QED) is 0.751. The van der Waals surface area contributed by atoms with Crippen LogP contribution in [0.4, 0.5) is 0 Å². The monoisotopic (exact) mass is 355 g/mol. The summed E-state index contributed by atoms with van der Waals surface area (Å²) in [5.74, 6) is 1.27. The van der Waals surface area contributed by atoms with Crippen LogP contribution >= 0.6 is 11.6 Å². The molecule has 5 heteroatoms. The molecule has 0 fully saturated rings.